The third-order valence-corrected chi connectivity index (χ3v) is 5.12. The van der Waals surface area contributed by atoms with E-state index in [0.29, 0.717) is 0 Å². The molecule has 0 atom stereocenters. The Labute approximate surface area is 154 Å². The quantitative estimate of drug-likeness (QED) is 0.707. The van der Waals surface area contributed by atoms with Crippen LogP contribution in [0.1, 0.15) is 12.5 Å². The highest BCUT2D eigenvalue weighted by Gasteiger charge is 2.20. The van der Waals surface area contributed by atoms with Crippen molar-refractivity contribution in [2.24, 2.45) is 0 Å². The maximum absolute atomic E-state index is 11.5. The van der Waals surface area contributed by atoms with Crippen molar-refractivity contribution in [3.05, 3.63) is 60.2 Å². The molecule has 4 rings (SSSR count). The molecule has 4 nitrogen and oxygen atoms in total. The van der Waals surface area contributed by atoms with Gasteiger partial charge in [0.25, 0.3) is 0 Å². The molecular weight excluding hydrogens is 322 g/mol. The van der Waals surface area contributed by atoms with E-state index in [1.54, 1.807) is 6.92 Å². The van der Waals surface area contributed by atoms with E-state index in [0.717, 1.165) is 48.5 Å². The lowest BCUT2D eigenvalue weighted by molar-refractivity contribution is -0.129. The van der Waals surface area contributed by atoms with E-state index in [1.165, 1.54) is 11.1 Å². The summed E-state index contributed by atoms with van der Waals surface area (Å²) in [6.07, 6.45) is 0. The van der Waals surface area contributed by atoms with Crippen LogP contribution in [0.15, 0.2) is 54.6 Å². The Hall–Kier alpha value is -2.88. The average molecular weight is 345 g/mol. The fourth-order valence-electron chi connectivity index (χ4n) is 3.53. The van der Waals surface area contributed by atoms with E-state index in [9.17, 15) is 4.79 Å². The van der Waals surface area contributed by atoms with Gasteiger partial charge in [-0.1, -0.05) is 48.0 Å². The number of pyridine rings is 1. The number of hydrogen-bond donors (Lipinski definition) is 0. The molecule has 1 saturated heterocycles. The zero-order chi connectivity index (χ0) is 18.1. The van der Waals surface area contributed by atoms with E-state index < -0.39 is 0 Å². The number of anilines is 1. The van der Waals surface area contributed by atoms with Gasteiger partial charge in [-0.2, -0.15) is 0 Å². The zero-order valence-electron chi connectivity index (χ0n) is 15.3. The normalized spacial score (nSPS) is 14.7. The van der Waals surface area contributed by atoms with Crippen molar-refractivity contribution in [3.63, 3.8) is 0 Å². The van der Waals surface area contributed by atoms with Crippen molar-refractivity contribution in [2.75, 3.05) is 31.1 Å². The first-order valence-electron chi connectivity index (χ1n) is 9.09. The summed E-state index contributed by atoms with van der Waals surface area (Å²) in [4.78, 5) is 20.7. The molecule has 0 aliphatic carbocycles. The van der Waals surface area contributed by atoms with Crippen molar-refractivity contribution < 1.29 is 4.79 Å². The summed E-state index contributed by atoms with van der Waals surface area (Å²) in [5.41, 5.74) is 4.63. The fraction of sp³-hybridized carbons (Fsp3) is 0.273. The minimum absolute atomic E-state index is 0.151. The van der Waals surface area contributed by atoms with Crippen LogP contribution in [0.25, 0.3) is 22.0 Å². The summed E-state index contributed by atoms with van der Waals surface area (Å²) in [7, 11) is 0. The highest BCUT2D eigenvalue weighted by atomic mass is 16.2. The Kier molecular flexibility index (Phi) is 4.33. The van der Waals surface area contributed by atoms with Crippen molar-refractivity contribution in [3.8, 4) is 11.1 Å². The molecule has 1 aromatic heterocycles. The molecule has 0 radical (unpaired) electrons. The number of aromatic nitrogens is 1. The van der Waals surface area contributed by atoms with Crippen molar-refractivity contribution >= 4 is 22.6 Å². The minimum atomic E-state index is 0.151. The monoisotopic (exact) mass is 345 g/mol. The molecule has 0 spiro atoms. The number of piperazine rings is 1. The lowest BCUT2D eigenvalue weighted by atomic mass is 10.0. The molecule has 132 valence electrons. The zero-order valence-corrected chi connectivity index (χ0v) is 15.3. The summed E-state index contributed by atoms with van der Waals surface area (Å²) < 4.78 is 0. The van der Waals surface area contributed by atoms with Crippen LogP contribution in [0, 0.1) is 6.92 Å². The standard InChI is InChI=1S/C22H23N3O/c1-16-6-8-18(9-7-16)20-5-3-4-19-10-11-21(23-22(19)20)25-14-12-24(13-15-25)17(2)26/h3-11H,12-15H2,1-2H3. The molecule has 1 aliphatic rings. The van der Waals surface area contributed by atoms with Crippen LogP contribution in [0.2, 0.25) is 0 Å². The van der Waals surface area contributed by atoms with E-state index in [1.807, 2.05) is 4.90 Å². The van der Waals surface area contributed by atoms with E-state index in [2.05, 4.69) is 66.4 Å². The summed E-state index contributed by atoms with van der Waals surface area (Å²) in [6, 6.07) is 19.2. The molecule has 0 bridgehead atoms. The Bertz CT molecular complexity index is 941. The van der Waals surface area contributed by atoms with Crippen molar-refractivity contribution in [1.29, 1.82) is 0 Å². The number of fused-ring (bicyclic) bond motifs is 1. The third kappa shape index (κ3) is 3.15. The number of amides is 1. The molecule has 3 aromatic rings. The Morgan fingerprint density at radius 2 is 1.65 bits per heavy atom. The second-order valence-electron chi connectivity index (χ2n) is 6.91. The average Bonchev–Trinajstić information content (AvgIpc) is 2.68. The van der Waals surface area contributed by atoms with Gasteiger partial charge in [-0.25, -0.2) is 4.98 Å². The first-order chi connectivity index (χ1) is 12.6. The molecule has 4 heteroatoms. The van der Waals surface area contributed by atoms with Crippen molar-refractivity contribution in [2.45, 2.75) is 13.8 Å². The molecule has 1 fully saturated rings. The van der Waals surface area contributed by atoms with Gasteiger partial charge < -0.3 is 9.80 Å². The number of carbonyl (C=O) groups excluding carboxylic acids is 1. The molecule has 1 amide bonds. The summed E-state index contributed by atoms with van der Waals surface area (Å²) in [6.45, 7) is 6.90. The molecule has 2 aromatic carbocycles. The largest absolute Gasteiger partial charge is 0.353 e. The van der Waals surface area contributed by atoms with Crippen LogP contribution >= 0.6 is 0 Å². The van der Waals surface area contributed by atoms with Gasteiger partial charge in [0, 0.05) is 44.1 Å². The first kappa shape index (κ1) is 16.6. The van der Waals surface area contributed by atoms with Gasteiger partial charge in [-0.15, -0.1) is 0 Å². The van der Waals surface area contributed by atoms with Gasteiger partial charge in [0.05, 0.1) is 5.52 Å². The maximum atomic E-state index is 11.5. The number of nitrogens with zero attached hydrogens (tertiary/aromatic N) is 3. The van der Waals surface area contributed by atoms with E-state index in [-0.39, 0.29) is 5.91 Å². The van der Waals surface area contributed by atoms with Crippen LogP contribution in [0.4, 0.5) is 5.82 Å². The van der Waals surface area contributed by atoms with Crippen LogP contribution in [0.5, 0.6) is 0 Å². The summed E-state index contributed by atoms with van der Waals surface area (Å²) in [5, 5.41) is 1.15. The van der Waals surface area contributed by atoms with Gasteiger partial charge >= 0.3 is 0 Å². The predicted octanol–water partition coefficient (Wildman–Crippen LogP) is 3.88. The number of carbonyl (C=O) groups is 1. The summed E-state index contributed by atoms with van der Waals surface area (Å²) >= 11 is 0. The molecule has 0 saturated carbocycles. The predicted molar refractivity (Wildman–Crippen MR) is 106 cm³/mol. The van der Waals surface area contributed by atoms with Gasteiger partial charge in [0.1, 0.15) is 5.82 Å². The summed E-state index contributed by atoms with van der Waals surface area (Å²) in [5.74, 6) is 1.14. The lowest BCUT2D eigenvalue weighted by Gasteiger charge is -2.35. The van der Waals surface area contributed by atoms with E-state index in [4.69, 9.17) is 4.98 Å². The van der Waals surface area contributed by atoms with Crippen molar-refractivity contribution in [1.82, 2.24) is 9.88 Å². The fourth-order valence-corrected chi connectivity index (χ4v) is 3.53. The van der Waals surface area contributed by atoms with Crippen LogP contribution in [0.3, 0.4) is 0 Å². The van der Waals surface area contributed by atoms with Gasteiger partial charge in [-0.3, -0.25) is 4.79 Å². The van der Waals surface area contributed by atoms with Crippen LogP contribution in [-0.4, -0.2) is 42.0 Å². The minimum Gasteiger partial charge on any atom is -0.353 e. The van der Waals surface area contributed by atoms with Crippen LogP contribution < -0.4 is 4.90 Å². The molecular formula is C22H23N3O. The molecule has 0 unspecified atom stereocenters. The number of aryl methyl sites for hydroxylation is 1. The van der Waals surface area contributed by atoms with Gasteiger partial charge in [-0.05, 0) is 24.6 Å². The molecule has 26 heavy (non-hydrogen) atoms. The molecule has 2 heterocycles. The second-order valence-corrected chi connectivity index (χ2v) is 6.91. The number of hydrogen-bond acceptors (Lipinski definition) is 3. The SMILES string of the molecule is CC(=O)N1CCN(c2ccc3cccc(-c4ccc(C)cc4)c3n2)CC1. The first-order valence-corrected chi connectivity index (χ1v) is 9.09. The smallest absolute Gasteiger partial charge is 0.219 e. The highest BCUT2D eigenvalue weighted by Crippen LogP contribution is 2.29. The highest BCUT2D eigenvalue weighted by molar-refractivity contribution is 5.94. The Morgan fingerprint density at radius 1 is 0.923 bits per heavy atom. The Morgan fingerprint density at radius 3 is 2.35 bits per heavy atom. The number of benzene rings is 2. The second kappa shape index (κ2) is 6.79. The number of rotatable bonds is 2. The van der Waals surface area contributed by atoms with Crippen LogP contribution in [-0.2, 0) is 4.79 Å². The van der Waals surface area contributed by atoms with Gasteiger partial charge in [0.2, 0.25) is 5.91 Å². The van der Waals surface area contributed by atoms with E-state index >= 15 is 0 Å². The Balaban J connectivity index is 1.69. The molecule has 1 aliphatic heterocycles. The maximum Gasteiger partial charge on any atom is 0.219 e. The number of para-hydroxylation sites is 1. The van der Waals surface area contributed by atoms with Gasteiger partial charge in [0.15, 0.2) is 0 Å². The molecule has 0 N–H and O–H groups in total. The lowest BCUT2D eigenvalue weighted by Crippen LogP contribution is -2.48. The third-order valence-electron chi connectivity index (χ3n) is 5.12. The topological polar surface area (TPSA) is 36.4 Å².